The molecule has 0 saturated carbocycles. The third kappa shape index (κ3) is 5.34. The largest absolute Gasteiger partial charge is 0.164 e. The molecule has 0 aliphatic heterocycles. The summed E-state index contributed by atoms with van der Waals surface area (Å²) in [4.78, 5) is 0. The van der Waals surface area contributed by atoms with E-state index in [1.54, 1.807) is 6.21 Å². The second-order valence-electron chi connectivity index (χ2n) is 1.46. The topological polar surface area (TPSA) is 24.7 Å². The summed E-state index contributed by atoms with van der Waals surface area (Å²) in [5, 5.41) is 7.38. The van der Waals surface area contributed by atoms with Gasteiger partial charge in [0, 0.05) is 12.4 Å². The van der Waals surface area contributed by atoms with Gasteiger partial charge in [-0.2, -0.15) is 10.2 Å². The summed E-state index contributed by atoms with van der Waals surface area (Å²) in [7, 11) is 0. The molecule has 2 heteroatoms. The molecule has 0 aliphatic carbocycles. The number of hydrogen-bond donors (Lipinski definition) is 0. The quantitative estimate of drug-likeness (QED) is 0.393. The predicted molar refractivity (Wildman–Crippen MR) is 37.6 cm³/mol. The molecule has 8 heavy (non-hydrogen) atoms. The third-order valence-corrected chi connectivity index (χ3v) is 0.682. The van der Waals surface area contributed by atoms with E-state index in [2.05, 4.69) is 17.1 Å². The first-order valence-electron chi connectivity index (χ1n) is 2.91. The Morgan fingerprint density at radius 2 is 2.12 bits per heavy atom. The fourth-order valence-corrected chi connectivity index (χ4v) is 0.301. The summed E-state index contributed by atoms with van der Waals surface area (Å²) >= 11 is 0. The van der Waals surface area contributed by atoms with Crippen LogP contribution in [-0.2, 0) is 0 Å². The van der Waals surface area contributed by atoms with Gasteiger partial charge in [0.25, 0.3) is 0 Å². The molecular weight excluding hydrogens is 100 g/mol. The van der Waals surface area contributed by atoms with Crippen LogP contribution in [0.4, 0.5) is 0 Å². The molecule has 0 heterocycles. The molecule has 0 fully saturated rings. The fraction of sp³-hybridized carbons (Fsp3) is 0.667. The molecule has 0 N–H and O–H groups in total. The van der Waals surface area contributed by atoms with E-state index in [-0.39, 0.29) is 0 Å². The lowest BCUT2D eigenvalue weighted by Gasteiger charge is -1.77. The minimum atomic E-state index is 1.03. The highest BCUT2D eigenvalue weighted by Crippen LogP contribution is 1.79. The lowest BCUT2D eigenvalue weighted by molar-refractivity contribution is 1.00. The Morgan fingerprint density at radius 1 is 1.38 bits per heavy atom. The maximum atomic E-state index is 3.72. The van der Waals surface area contributed by atoms with E-state index in [4.69, 9.17) is 0 Å². The Bertz CT molecular complexity index is 84.5. The van der Waals surface area contributed by atoms with E-state index < -0.39 is 0 Å². The molecule has 0 unspecified atom stereocenters. The molecule has 0 atom stereocenters. The molecule has 0 saturated heterocycles. The standard InChI is InChI=1S/C6H12N2/c1-3-5-6-8-7-4-2/h4,6H,3,5H2,1-2H3/b7-4+,8-6+. The Morgan fingerprint density at radius 3 is 2.62 bits per heavy atom. The molecule has 0 rings (SSSR count). The van der Waals surface area contributed by atoms with E-state index in [1.807, 2.05) is 13.1 Å². The van der Waals surface area contributed by atoms with Crippen LogP contribution in [0.25, 0.3) is 0 Å². The van der Waals surface area contributed by atoms with Crippen LogP contribution in [-0.4, -0.2) is 12.4 Å². The van der Waals surface area contributed by atoms with Gasteiger partial charge in [0.05, 0.1) is 0 Å². The van der Waals surface area contributed by atoms with Crippen molar-refractivity contribution in [2.45, 2.75) is 26.7 Å². The Balaban J connectivity index is 3.07. The lowest BCUT2D eigenvalue weighted by Crippen LogP contribution is -1.69. The van der Waals surface area contributed by atoms with Gasteiger partial charge >= 0.3 is 0 Å². The molecule has 0 spiro atoms. The lowest BCUT2D eigenvalue weighted by atomic mass is 10.4. The van der Waals surface area contributed by atoms with E-state index in [1.165, 1.54) is 0 Å². The van der Waals surface area contributed by atoms with Crippen molar-refractivity contribution >= 4 is 12.4 Å². The van der Waals surface area contributed by atoms with Crippen LogP contribution in [0.1, 0.15) is 26.7 Å². The first kappa shape index (κ1) is 7.34. The summed E-state index contributed by atoms with van der Waals surface area (Å²) < 4.78 is 0. The number of rotatable bonds is 3. The van der Waals surface area contributed by atoms with E-state index >= 15 is 0 Å². The summed E-state index contributed by atoms with van der Waals surface area (Å²) in [6.07, 6.45) is 5.66. The smallest absolute Gasteiger partial charge is 0.0270 e. The average Bonchev–Trinajstić information content (AvgIpc) is 1.81. The fourth-order valence-electron chi connectivity index (χ4n) is 0.301. The van der Waals surface area contributed by atoms with Crippen molar-refractivity contribution in [1.29, 1.82) is 0 Å². The molecule has 46 valence electrons. The maximum absolute atomic E-state index is 3.72. The number of unbranched alkanes of at least 4 members (excludes halogenated alkanes) is 1. The van der Waals surface area contributed by atoms with Gasteiger partial charge in [0.2, 0.25) is 0 Å². The minimum absolute atomic E-state index is 1.03. The van der Waals surface area contributed by atoms with Gasteiger partial charge in [-0.3, -0.25) is 0 Å². The monoisotopic (exact) mass is 112 g/mol. The first-order chi connectivity index (χ1) is 3.91. The minimum Gasteiger partial charge on any atom is -0.164 e. The molecular formula is C6H12N2. The molecule has 0 aromatic rings. The Kier molecular flexibility index (Phi) is 5.82. The zero-order valence-electron chi connectivity index (χ0n) is 5.46. The van der Waals surface area contributed by atoms with Crippen LogP contribution in [0.15, 0.2) is 10.2 Å². The zero-order valence-corrected chi connectivity index (χ0v) is 5.46. The van der Waals surface area contributed by atoms with Crippen molar-refractivity contribution in [3.05, 3.63) is 0 Å². The molecule has 0 bridgehead atoms. The average molecular weight is 112 g/mol. The molecule has 0 aromatic heterocycles. The summed E-state index contributed by atoms with van der Waals surface area (Å²) in [5.74, 6) is 0. The van der Waals surface area contributed by atoms with Gasteiger partial charge < -0.3 is 0 Å². The van der Waals surface area contributed by atoms with Crippen molar-refractivity contribution in [1.82, 2.24) is 0 Å². The SMILES string of the molecule is C/C=N/N=C/CCC. The van der Waals surface area contributed by atoms with Crippen LogP contribution >= 0.6 is 0 Å². The van der Waals surface area contributed by atoms with E-state index in [0.29, 0.717) is 0 Å². The molecule has 0 aliphatic rings. The van der Waals surface area contributed by atoms with Crippen LogP contribution in [0.2, 0.25) is 0 Å². The van der Waals surface area contributed by atoms with Crippen LogP contribution in [0, 0.1) is 0 Å². The highest BCUT2D eigenvalue weighted by molar-refractivity contribution is 5.59. The predicted octanol–water partition coefficient (Wildman–Crippen LogP) is 1.86. The maximum Gasteiger partial charge on any atom is 0.0270 e. The second kappa shape index (κ2) is 6.34. The van der Waals surface area contributed by atoms with Crippen molar-refractivity contribution in [3.63, 3.8) is 0 Å². The van der Waals surface area contributed by atoms with Crippen LogP contribution < -0.4 is 0 Å². The van der Waals surface area contributed by atoms with Gasteiger partial charge in [0.1, 0.15) is 0 Å². The molecule has 0 radical (unpaired) electrons. The highest BCUT2D eigenvalue weighted by atomic mass is 15.2. The van der Waals surface area contributed by atoms with Crippen molar-refractivity contribution in [2.75, 3.05) is 0 Å². The first-order valence-corrected chi connectivity index (χ1v) is 2.91. The highest BCUT2D eigenvalue weighted by Gasteiger charge is 1.68. The Hall–Kier alpha value is -0.660. The van der Waals surface area contributed by atoms with Gasteiger partial charge in [-0.15, -0.1) is 0 Å². The van der Waals surface area contributed by atoms with Crippen LogP contribution in [0.5, 0.6) is 0 Å². The van der Waals surface area contributed by atoms with Crippen molar-refractivity contribution in [2.24, 2.45) is 10.2 Å². The Labute approximate surface area is 50.3 Å². The number of nitrogens with zero attached hydrogens (tertiary/aromatic N) is 2. The van der Waals surface area contributed by atoms with Gasteiger partial charge in [-0.05, 0) is 13.3 Å². The third-order valence-electron chi connectivity index (χ3n) is 0.682. The normalized spacial score (nSPS) is 11.8. The van der Waals surface area contributed by atoms with E-state index in [9.17, 15) is 0 Å². The molecule has 0 amide bonds. The zero-order chi connectivity index (χ0) is 6.24. The summed E-state index contributed by atoms with van der Waals surface area (Å²) in [6, 6.07) is 0. The van der Waals surface area contributed by atoms with Gasteiger partial charge in [0.15, 0.2) is 0 Å². The molecule has 2 nitrogen and oxygen atoms in total. The van der Waals surface area contributed by atoms with Crippen LogP contribution in [0.3, 0.4) is 0 Å². The van der Waals surface area contributed by atoms with Crippen molar-refractivity contribution in [3.8, 4) is 0 Å². The second-order valence-corrected chi connectivity index (χ2v) is 1.46. The van der Waals surface area contributed by atoms with E-state index in [0.717, 1.165) is 12.8 Å². The summed E-state index contributed by atoms with van der Waals surface area (Å²) in [6.45, 7) is 3.96. The number of hydrogen-bond acceptors (Lipinski definition) is 2. The van der Waals surface area contributed by atoms with Gasteiger partial charge in [-0.25, -0.2) is 0 Å². The van der Waals surface area contributed by atoms with Gasteiger partial charge in [-0.1, -0.05) is 13.3 Å². The van der Waals surface area contributed by atoms with Crippen molar-refractivity contribution < 1.29 is 0 Å². The summed E-state index contributed by atoms with van der Waals surface area (Å²) in [5.41, 5.74) is 0. The molecule has 0 aromatic carbocycles.